The van der Waals surface area contributed by atoms with Crippen LogP contribution in [0.1, 0.15) is 20.0 Å². The van der Waals surface area contributed by atoms with Gasteiger partial charge in [0.05, 0.1) is 11.4 Å². The topological polar surface area (TPSA) is 105 Å². The largest absolute Gasteiger partial charge is 0.481 e. The highest BCUT2D eigenvalue weighted by Crippen LogP contribution is 2.20. The molecule has 0 fully saturated rings. The van der Waals surface area contributed by atoms with Crippen molar-refractivity contribution in [3.05, 3.63) is 57.1 Å². The van der Waals surface area contributed by atoms with Gasteiger partial charge in [-0.1, -0.05) is 39.3 Å². The number of nitrogen functional groups attached to an aromatic ring is 2. The molecule has 0 aliphatic heterocycles. The van der Waals surface area contributed by atoms with Crippen LogP contribution in [0, 0.1) is 6.92 Å². The predicted molar refractivity (Wildman–Crippen MR) is 128 cm³/mol. The van der Waals surface area contributed by atoms with Crippen LogP contribution < -0.4 is 11.5 Å². The number of aliphatic carboxylic acids is 1. The first-order chi connectivity index (χ1) is 11.2. The lowest BCUT2D eigenvalue weighted by Crippen LogP contribution is -1.92. The lowest BCUT2D eigenvalue weighted by molar-refractivity contribution is -0.134. The zero-order valence-electron chi connectivity index (χ0n) is 14.1. The Labute approximate surface area is 189 Å². The Hall–Kier alpha value is -1.41. The molecule has 3 rings (SSSR count). The smallest absolute Gasteiger partial charge is 0.300 e. The number of hydrogen-bond donors (Lipinski definition) is 4. The van der Waals surface area contributed by atoms with Crippen molar-refractivity contribution in [2.24, 2.45) is 0 Å². The Morgan fingerprint density at radius 2 is 1.44 bits per heavy atom. The molecule has 9 heteroatoms. The fourth-order valence-electron chi connectivity index (χ4n) is 1.79. The van der Waals surface area contributed by atoms with Gasteiger partial charge in [-0.05, 0) is 49.4 Å². The summed E-state index contributed by atoms with van der Waals surface area (Å²) in [6.07, 6.45) is 0. The highest BCUT2D eigenvalue weighted by atomic mass is 79.9. The molecule has 0 spiro atoms. The van der Waals surface area contributed by atoms with Crippen LogP contribution in [0.2, 0.25) is 0 Å². The van der Waals surface area contributed by atoms with Gasteiger partial charge in [-0.15, -0.1) is 24.8 Å². The lowest BCUT2D eigenvalue weighted by atomic mass is 10.2. The maximum atomic E-state index is 9.00. The number of carbonyl (C=O) groups is 1. The third kappa shape index (κ3) is 11.8. The van der Waals surface area contributed by atoms with E-state index in [-0.39, 0.29) is 32.2 Å². The van der Waals surface area contributed by atoms with Crippen LogP contribution in [0.25, 0.3) is 10.9 Å². The SMILES string of the molecule is C.CC(=O)O.Cc1cc2cc(Br)ccc2[nH]1.Cl.Cl.Nc1ccc(Br)cc1N. The van der Waals surface area contributed by atoms with E-state index in [0.717, 1.165) is 15.9 Å². The van der Waals surface area contributed by atoms with Crippen molar-refractivity contribution in [1.82, 2.24) is 4.98 Å². The molecule has 0 radical (unpaired) electrons. The summed E-state index contributed by atoms with van der Waals surface area (Å²) < 4.78 is 2.08. The molecule has 27 heavy (non-hydrogen) atoms. The number of H-pyrrole nitrogens is 1. The van der Waals surface area contributed by atoms with E-state index < -0.39 is 5.97 Å². The van der Waals surface area contributed by atoms with Gasteiger partial charge >= 0.3 is 0 Å². The van der Waals surface area contributed by atoms with Crippen molar-refractivity contribution in [2.45, 2.75) is 21.3 Å². The van der Waals surface area contributed by atoms with Crippen molar-refractivity contribution in [3.8, 4) is 0 Å². The second-order valence-electron chi connectivity index (χ2n) is 4.98. The Morgan fingerprint density at radius 3 is 1.93 bits per heavy atom. The van der Waals surface area contributed by atoms with E-state index in [1.807, 2.05) is 12.1 Å². The second kappa shape index (κ2) is 14.6. The molecule has 0 aliphatic carbocycles. The molecule has 5 nitrogen and oxygen atoms in total. The van der Waals surface area contributed by atoms with E-state index in [2.05, 4.69) is 62.0 Å². The first-order valence-electron chi connectivity index (χ1n) is 6.94. The number of aromatic nitrogens is 1. The quantitative estimate of drug-likeness (QED) is 0.244. The number of anilines is 2. The number of halogens is 4. The van der Waals surface area contributed by atoms with Crippen LogP contribution in [0.5, 0.6) is 0 Å². The molecule has 152 valence electrons. The Bertz CT molecular complexity index is 839. The zero-order chi connectivity index (χ0) is 18.3. The standard InChI is InChI=1S/C9H8BrN.C6H7BrN2.C2H4O2.CH4.2ClH/c1-6-4-7-5-8(10)2-3-9(7)11-6;7-4-1-2-5(8)6(9)3-4;1-2(3)4;;;/h2-5,11H,1H3;1-3H,8-9H2;1H3,(H,3,4);1H4;2*1H. The monoisotopic (exact) mass is 543 g/mol. The minimum absolute atomic E-state index is 0. The number of carboxylic acid groups (broad SMARTS) is 1. The normalized spacial score (nSPS) is 8.44. The summed E-state index contributed by atoms with van der Waals surface area (Å²) in [4.78, 5) is 12.3. The minimum Gasteiger partial charge on any atom is -0.481 e. The third-order valence-electron chi connectivity index (χ3n) is 2.77. The Balaban J connectivity index is -0.000000331. The average Bonchev–Trinajstić information content (AvgIpc) is 2.82. The van der Waals surface area contributed by atoms with Gasteiger partial charge in [0, 0.05) is 32.5 Å². The van der Waals surface area contributed by atoms with Gasteiger partial charge in [0.1, 0.15) is 0 Å². The number of hydrogen-bond acceptors (Lipinski definition) is 3. The van der Waals surface area contributed by atoms with Gasteiger partial charge in [0.25, 0.3) is 5.97 Å². The molecule has 1 aromatic heterocycles. The van der Waals surface area contributed by atoms with Gasteiger partial charge in [-0.25, -0.2) is 0 Å². The molecular formula is C18H25Br2Cl2N3O2. The third-order valence-corrected chi connectivity index (χ3v) is 3.75. The van der Waals surface area contributed by atoms with Crippen LogP contribution in [0.15, 0.2) is 51.4 Å². The molecule has 1 heterocycles. The molecule has 0 bridgehead atoms. The minimum atomic E-state index is -0.833. The van der Waals surface area contributed by atoms with E-state index in [0.29, 0.717) is 11.4 Å². The maximum absolute atomic E-state index is 9.00. The van der Waals surface area contributed by atoms with Gasteiger partial charge < -0.3 is 21.6 Å². The molecular weight excluding hydrogens is 521 g/mol. The van der Waals surface area contributed by atoms with Crippen molar-refractivity contribution in [1.29, 1.82) is 0 Å². The summed E-state index contributed by atoms with van der Waals surface area (Å²) in [5, 5.41) is 8.68. The van der Waals surface area contributed by atoms with Gasteiger partial charge in [0.15, 0.2) is 0 Å². The summed E-state index contributed by atoms with van der Waals surface area (Å²) in [6, 6.07) is 13.8. The maximum Gasteiger partial charge on any atom is 0.300 e. The van der Waals surface area contributed by atoms with Crippen LogP contribution in [0.3, 0.4) is 0 Å². The number of fused-ring (bicyclic) bond motifs is 1. The predicted octanol–water partition coefficient (Wildman–Crippen LogP) is 6.42. The highest BCUT2D eigenvalue weighted by Gasteiger charge is 1.96. The zero-order valence-corrected chi connectivity index (χ0v) is 18.9. The van der Waals surface area contributed by atoms with Crippen molar-refractivity contribution < 1.29 is 9.90 Å². The van der Waals surface area contributed by atoms with E-state index >= 15 is 0 Å². The summed E-state index contributed by atoms with van der Waals surface area (Å²) in [5.41, 5.74) is 14.6. The molecule has 0 unspecified atom stereocenters. The molecule has 0 atom stereocenters. The molecule has 0 saturated heterocycles. The first-order valence-corrected chi connectivity index (χ1v) is 8.52. The highest BCUT2D eigenvalue weighted by molar-refractivity contribution is 9.10. The number of aryl methyl sites for hydroxylation is 1. The summed E-state index contributed by atoms with van der Waals surface area (Å²) in [7, 11) is 0. The number of nitrogens with two attached hydrogens (primary N) is 2. The number of aromatic amines is 1. The molecule has 0 aliphatic rings. The summed E-state index contributed by atoms with van der Waals surface area (Å²) in [5.74, 6) is -0.833. The van der Waals surface area contributed by atoms with Crippen molar-refractivity contribution >= 4 is 84.9 Å². The van der Waals surface area contributed by atoms with Crippen LogP contribution in [-0.4, -0.2) is 16.1 Å². The Kier molecular flexibility index (Phi) is 16.4. The van der Waals surface area contributed by atoms with Crippen LogP contribution in [-0.2, 0) is 4.79 Å². The van der Waals surface area contributed by atoms with E-state index in [1.54, 1.807) is 12.1 Å². The first kappa shape index (κ1) is 30.3. The summed E-state index contributed by atoms with van der Waals surface area (Å²) >= 11 is 6.69. The van der Waals surface area contributed by atoms with Gasteiger partial charge in [-0.2, -0.15) is 0 Å². The fraction of sp³-hybridized carbons (Fsp3) is 0.167. The van der Waals surface area contributed by atoms with E-state index in [9.17, 15) is 0 Å². The second-order valence-corrected chi connectivity index (χ2v) is 6.81. The molecule has 6 N–H and O–H groups in total. The Morgan fingerprint density at radius 1 is 0.963 bits per heavy atom. The van der Waals surface area contributed by atoms with Gasteiger partial charge in [0.2, 0.25) is 0 Å². The van der Waals surface area contributed by atoms with E-state index in [1.165, 1.54) is 16.6 Å². The number of benzene rings is 2. The average molecular weight is 546 g/mol. The van der Waals surface area contributed by atoms with Crippen LogP contribution in [0.4, 0.5) is 11.4 Å². The van der Waals surface area contributed by atoms with E-state index in [4.69, 9.17) is 21.4 Å². The molecule has 2 aromatic carbocycles. The fourth-order valence-corrected chi connectivity index (χ4v) is 2.55. The van der Waals surface area contributed by atoms with Crippen LogP contribution >= 0.6 is 56.7 Å². The number of carboxylic acids is 1. The number of rotatable bonds is 0. The summed E-state index contributed by atoms with van der Waals surface area (Å²) in [6.45, 7) is 3.15. The van der Waals surface area contributed by atoms with Gasteiger partial charge in [-0.3, -0.25) is 4.79 Å². The van der Waals surface area contributed by atoms with Crippen molar-refractivity contribution in [3.63, 3.8) is 0 Å². The lowest BCUT2D eigenvalue weighted by Gasteiger charge is -1.97. The molecule has 3 aromatic rings. The molecule has 0 amide bonds. The van der Waals surface area contributed by atoms with Crippen molar-refractivity contribution in [2.75, 3.05) is 11.5 Å². The number of nitrogens with one attached hydrogen (secondary N) is 1. The molecule has 0 saturated carbocycles.